The third kappa shape index (κ3) is 2.72. The SMILES string of the molecule is CC(C)(C)OC(=O)N1c2ccccc2C2C=C(CBr)C=CC21. The second-order valence-electron chi connectivity index (χ2n) is 6.66. The Hall–Kier alpha value is -1.55. The molecule has 0 aromatic heterocycles. The molecule has 3 rings (SSSR count). The number of rotatable bonds is 1. The number of nitrogens with zero attached hydrogens (tertiary/aromatic N) is 1. The molecule has 0 bridgehead atoms. The smallest absolute Gasteiger partial charge is 0.415 e. The first-order chi connectivity index (χ1) is 10.4. The number of alkyl halides is 1. The maximum Gasteiger partial charge on any atom is 0.415 e. The topological polar surface area (TPSA) is 29.5 Å². The molecule has 2 unspecified atom stereocenters. The van der Waals surface area contributed by atoms with E-state index in [-0.39, 0.29) is 18.1 Å². The average Bonchev–Trinajstić information content (AvgIpc) is 2.79. The Morgan fingerprint density at radius 1 is 1.32 bits per heavy atom. The van der Waals surface area contributed by atoms with Crippen LogP contribution in [0.4, 0.5) is 10.5 Å². The van der Waals surface area contributed by atoms with E-state index >= 15 is 0 Å². The molecule has 4 heteroatoms. The van der Waals surface area contributed by atoms with Crippen molar-refractivity contribution >= 4 is 27.7 Å². The molecule has 22 heavy (non-hydrogen) atoms. The van der Waals surface area contributed by atoms with Crippen LogP contribution in [0.3, 0.4) is 0 Å². The first-order valence-corrected chi connectivity index (χ1v) is 8.59. The highest BCUT2D eigenvalue weighted by Crippen LogP contribution is 2.45. The van der Waals surface area contributed by atoms with Gasteiger partial charge in [0.05, 0.1) is 11.7 Å². The summed E-state index contributed by atoms with van der Waals surface area (Å²) in [6.45, 7) is 5.68. The maximum absolute atomic E-state index is 12.7. The molecule has 3 nitrogen and oxygen atoms in total. The highest BCUT2D eigenvalue weighted by molar-refractivity contribution is 9.09. The molecule has 1 aliphatic heterocycles. The minimum Gasteiger partial charge on any atom is -0.443 e. The summed E-state index contributed by atoms with van der Waals surface area (Å²) in [6, 6.07) is 8.07. The lowest BCUT2D eigenvalue weighted by Crippen LogP contribution is -2.42. The summed E-state index contributed by atoms with van der Waals surface area (Å²) in [5, 5.41) is 0.821. The molecule has 0 N–H and O–H groups in total. The van der Waals surface area contributed by atoms with Crippen molar-refractivity contribution in [3.8, 4) is 0 Å². The summed E-state index contributed by atoms with van der Waals surface area (Å²) in [7, 11) is 0. The van der Waals surface area contributed by atoms with Crippen LogP contribution in [-0.4, -0.2) is 23.1 Å². The summed E-state index contributed by atoms with van der Waals surface area (Å²) in [4.78, 5) is 14.5. The van der Waals surface area contributed by atoms with Crippen LogP contribution in [0.25, 0.3) is 0 Å². The van der Waals surface area contributed by atoms with Gasteiger partial charge < -0.3 is 4.74 Å². The van der Waals surface area contributed by atoms with E-state index in [2.05, 4.69) is 40.2 Å². The largest absolute Gasteiger partial charge is 0.443 e. The quantitative estimate of drug-likeness (QED) is 0.673. The molecule has 2 aliphatic rings. The number of para-hydroxylation sites is 1. The van der Waals surface area contributed by atoms with Crippen LogP contribution in [-0.2, 0) is 4.74 Å². The van der Waals surface area contributed by atoms with Crippen LogP contribution in [0.1, 0.15) is 32.3 Å². The molecule has 0 radical (unpaired) electrons. The minimum atomic E-state index is -0.501. The number of hydrogen-bond acceptors (Lipinski definition) is 2. The number of carbonyl (C=O) groups is 1. The Labute approximate surface area is 139 Å². The number of ether oxygens (including phenoxy) is 1. The number of amides is 1. The Balaban J connectivity index is 2.00. The molecular weight excluding hydrogens is 342 g/mol. The molecule has 1 heterocycles. The number of allylic oxidation sites excluding steroid dienone is 2. The van der Waals surface area contributed by atoms with Crippen molar-refractivity contribution in [2.75, 3.05) is 10.2 Å². The van der Waals surface area contributed by atoms with Gasteiger partial charge in [0.15, 0.2) is 0 Å². The zero-order valence-corrected chi connectivity index (χ0v) is 14.6. The predicted molar refractivity (Wildman–Crippen MR) is 92.7 cm³/mol. The highest BCUT2D eigenvalue weighted by Gasteiger charge is 2.42. The molecule has 0 saturated carbocycles. The van der Waals surface area contributed by atoms with Gasteiger partial charge in [0.25, 0.3) is 0 Å². The van der Waals surface area contributed by atoms with E-state index in [1.165, 1.54) is 11.1 Å². The number of fused-ring (bicyclic) bond motifs is 3. The van der Waals surface area contributed by atoms with Crippen LogP contribution in [0, 0.1) is 0 Å². The molecule has 1 aliphatic carbocycles. The lowest BCUT2D eigenvalue weighted by Gasteiger charge is -2.30. The van der Waals surface area contributed by atoms with Crippen LogP contribution in [0.5, 0.6) is 0 Å². The van der Waals surface area contributed by atoms with Crippen molar-refractivity contribution in [1.29, 1.82) is 0 Å². The van der Waals surface area contributed by atoms with Gasteiger partial charge in [-0.1, -0.05) is 52.4 Å². The van der Waals surface area contributed by atoms with Crippen molar-refractivity contribution in [1.82, 2.24) is 0 Å². The van der Waals surface area contributed by atoms with Gasteiger partial charge in [-0.15, -0.1) is 0 Å². The fourth-order valence-electron chi connectivity index (χ4n) is 3.02. The van der Waals surface area contributed by atoms with Crippen LogP contribution >= 0.6 is 15.9 Å². The number of hydrogen-bond donors (Lipinski definition) is 0. The number of benzene rings is 1. The molecule has 0 fully saturated rings. The standard InChI is InChI=1S/C18H20BrNO2/c1-18(2,3)22-17(21)20-15-7-5-4-6-13(15)14-10-12(11-19)8-9-16(14)20/h4-10,14,16H,11H2,1-3H3. The summed E-state index contributed by atoms with van der Waals surface area (Å²) in [5.74, 6) is 0.196. The maximum atomic E-state index is 12.7. The molecular formula is C18H20BrNO2. The molecule has 1 amide bonds. The summed E-state index contributed by atoms with van der Waals surface area (Å²) in [6.07, 6.45) is 6.14. The van der Waals surface area contributed by atoms with E-state index in [0.29, 0.717) is 0 Å². The van der Waals surface area contributed by atoms with E-state index in [0.717, 1.165) is 11.0 Å². The third-order valence-corrected chi connectivity index (χ3v) is 4.51. The van der Waals surface area contributed by atoms with Gasteiger partial charge in [0.1, 0.15) is 5.60 Å². The Kier molecular flexibility index (Phi) is 3.89. The molecule has 116 valence electrons. The van der Waals surface area contributed by atoms with Crippen molar-refractivity contribution < 1.29 is 9.53 Å². The number of halogens is 1. The van der Waals surface area contributed by atoms with Crippen molar-refractivity contribution in [3.63, 3.8) is 0 Å². The van der Waals surface area contributed by atoms with E-state index in [1.54, 1.807) is 4.90 Å². The molecule has 1 aromatic rings. The average molecular weight is 362 g/mol. The lowest BCUT2D eigenvalue weighted by atomic mass is 9.89. The highest BCUT2D eigenvalue weighted by atomic mass is 79.9. The first-order valence-electron chi connectivity index (χ1n) is 7.47. The first kappa shape index (κ1) is 15.3. The van der Waals surface area contributed by atoms with E-state index in [4.69, 9.17) is 4.74 Å². The van der Waals surface area contributed by atoms with Crippen LogP contribution in [0.2, 0.25) is 0 Å². The normalized spacial score (nSPS) is 22.9. The molecule has 0 spiro atoms. The Morgan fingerprint density at radius 3 is 2.73 bits per heavy atom. The summed E-state index contributed by atoms with van der Waals surface area (Å²) < 4.78 is 5.60. The molecule has 1 aromatic carbocycles. The van der Waals surface area contributed by atoms with Gasteiger partial charge in [-0.2, -0.15) is 0 Å². The fourth-order valence-corrected chi connectivity index (χ4v) is 3.39. The predicted octanol–water partition coefficient (Wildman–Crippen LogP) is 4.79. The van der Waals surface area contributed by atoms with E-state index in [9.17, 15) is 4.79 Å². The summed E-state index contributed by atoms with van der Waals surface area (Å²) >= 11 is 3.51. The number of carbonyl (C=O) groups excluding carboxylic acids is 1. The van der Waals surface area contributed by atoms with Gasteiger partial charge in [0.2, 0.25) is 0 Å². The zero-order chi connectivity index (χ0) is 15.9. The van der Waals surface area contributed by atoms with Crippen molar-refractivity contribution in [2.45, 2.75) is 38.3 Å². The molecule has 0 saturated heterocycles. The van der Waals surface area contributed by atoms with Gasteiger partial charge in [-0.25, -0.2) is 4.79 Å². The van der Waals surface area contributed by atoms with Gasteiger partial charge in [-0.3, -0.25) is 4.90 Å². The second kappa shape index (κ2) is 5.58. The van der Waals surface area contributed by atoms with Gasteiger partial charge in [0, 0.05) is 11.2 Å². The minimum absolute atomic E-state index is 0.00458. The van der Waals surface area contributed by atoms with Crippen LogP contribution < -0.4 is 4.90 Å². The van der Waals surface area contributed by atoms with E-state index < -0.39 is 5.60 Å². The van der Waals surface area contributed by atoms with Crippen LogP contribution in [0.15, 0.2) is 48.1 Å². The Morgan fingerprint density at radius 2 is 2.05 bits per heavy atom. The fraction of sp³-hybridized carbons (Fsp3) is 0.389. The second-order valence-corrected chi connectivity index (χ2v) is 7.22. The molecule has 2 atom stereocenters. The summed E-state index contributed by atoms with van der Waals surface area (Å²) in [5.41, 5.74) is 2.87. The third-order valence-electron chi connectivity index (χ3n) is 3.87. The Bertz CT molecular complexity index is 657. The van der Waals surface area contributed by atoms with E-state index in [1.807, 2.05) is 39.0 Å². The van der Waals surface area contributed by atoms with Crippen molar-refractivity contribution in [3.05, 3.63) is 53.6 Å². The zero-order valence-electron chi connectivity index (χ0n) is 13.0. The van der Waals surface area contributed by atoms with Gasteiger partial charge in [-0.05, 0) is 38.0 Å². The lowest BCUT2D eigenvalue weighted by molar-refractivity contribution is 0.0574. The van der Waals surface area contributed by atoms with Crippen molar-refractivity contribution in [2.24, 2.45) is 0 Å². The van der Waals surface area contributed by atoms with Gasteiger partial charge >= 0.3 is 6.09 Å². The number of anilines is 1. The monoisotopic (exact) mass is 361 g/mol.